The highest BCUT2D eigenvalue weighted by atomic mass is 16.5. The first-order valence-electron chi connectivity index (χ1n) is 5.74. The Morgan fingerprint density at radius 2 is 2.15 bits per heavy atom. The van der Waals surface area contributed by atoms with Crippen molar-refractivity contribution in [2.45, 2.75) is 12.5 Å². The fourth-order valence-electron chi connectivity index (χ4n) is 1.93. The van der Waals surface area contributed by atoms with E-state index in [4.69, 9.17) is 20.0 Å². The lowest BCUT2D eigenvalue weighted by Gasteiger charge is -2.11. The third kappa shape index (κ3) is 2.57. The quantitative estimate of drug-likeness (QED) is 0.695. The van der Waals surface area contributed by atoms with E-state index < -0.39 is 17.6 Å². The van der Waals surface area contributed by atoms with Gasteiger partial charge in [0.05, 0.1) is 12.5 Å². The fraction of sp³-hybridized carbons (Fsp3) is 0.231. The molecular formula is C13H13NO6. The van der Waals surface area contributed by atoms with Crippen molar-refractivity contribution in [3.63, 3.8) is 0 Å². The Balaban J connectivity index is 2.65. The van der Waals surface area contributed by atoms with Crippen LogP contribution < -0.4 is 16.1 Å². The predicted molar refractivity (Wildman–Crippen MR) is 70.0 cm³/mol. The van der Waals surface area contributed by atoms with E-state index in [0.717, 1.165) is 6.07 Å². The smallest absolute Gasteiger partial charge is 0.336 e. The second kappa shape index (κ2) is 5.22. The van der Waals surface area contributed by atoms with Gasteiger partial charge in [0.2, 0.25) is 0 Å². The third-order valence-corrected chi connectivity index (χ3v) is 2.87. The van der Waals surface area contributed by atoms with Crippen LogP contribution in [0.1, 0.15) is 5.56 Å². The summed E-state index contributed by atoms with van der Waals surface area (Å²) in [5.41, 5.74) is 5.23. The lowest BCUT2D eigenvalue weighted by atomic mass is 10.0. The molecule has 2 aromatic rings. The van der Waals surface area contributed by atoms with E-state index in [2.05, 4.69) is 0 Å². The molecular weight excluding hydrogens is 266 g/mol. The first-order chi connectivity index (χ1) is 9.42. The van der Waals surface area contributed by atoms with Crippen LogP contribution in [0, 0.1) is 0 Å². The standard InChI is InChI=1S/C13H13NO6/c1-19-7-4-9(15)12-6(2-8(14)13(17)18)3-11(16)20-10(12)5-7/h3-5,8,15H,2,14H2,1H3,(H,17,18)/t8-/m0/s1. The molecule has 0 aliphatic carbocycles. The highest BCUT2D eigenvalue weighted by molar-refractivity contribution is 5.88. The highest BCUT2D eigenvalue weighted by Gasteiger charge is 2.18. The topological polar surface area (TPSA) is 123 Å². The number of aliphatic carboxylic acids is 1. The van der Waals surface area contributed by atoms with E-state index in [-0.39, 0.29) is 23.1 Å². The summed E-state index contributed by atoms with van der Waals surface area (Å²) >= 11 is 0. The van der Waals surface area contributed by atoms with Gasteiger partial charge in [0.1, 0.15) is 23.1 Å². The summed E-state index contributed by atoms with van der Waals surface area (Å²) in [6.45, 7) is 0. The normalized spacial score (nSPS) is 12.3. The van der Waals surface area contributed by atoms with E-state index in [0.29, 0.717) is 11.3 Å². The first-order valence-corrected chi connectivity index (χ1v) is 5.74. The molecule has 0 unspecified atom stereocenters. The van der Waals surface area contributed by atoms with Gasteiger partial charge in [-0.3, -0.25) is 4.79 Å². The number of hydrogen-bond donors (Lipinski definition) is 3. The molecule has 1 heterocycles. The number of methoxy groups -OCH3 is 1. The summed E-state index contributed by atoms with van der Waals surface area (Å²) in [5, 5.41) is 19.1. The van der Waals surface area contributed by atoms with Gasteiger partial charge in [0.25, 0.3) is 0 Å². The second-order valence-corrected chi connectivity index (χ2v) is 4.26. The van der Waals surface area contributed by atoms with E-state index in [9.17, 15) is 14.7 Å². The molecule has 0 radical (unpaired) electrons. The lowest BCUT2D eigenvalue weighted by Crippen LogP contribution is -2.32. The Hall–Kier alpha value is -2.54. The maximum absolute atomic E-state index is 11.5. The van der Waals surface area contributed by atoms with Crippen LogP contribution in [0.25, 0.3) is 11.0 Å². The van der Waals surface area contributed by atoms with Crippen LogP contribution in [-0.4, -0.2) is 29.3 Å². The van der Waals surface area contributed by atoms with Gasteiger partial charge >= 0.3 is 11.6 Å². The number of carboxylic acid groups (broad SMARTS) is 1. The molecule has 0 amide bonds. The van der Waals surface area contributed by atoms with Crippen molar-refractivity contribution in [3.8, 4) is 11.5 Å². The molecule has 4 N–H and O–H groups in total. The van der Waals surface area contributed by atoms with Crippen molar-refractivity contribution in [1.82, 2.24) is 0 Å². The fourth-order valence-corrected chi connectivity index (χ4v) is 1.93. The van der Waals surface area contributed by atoms with Crippen molar-refractivity contribution in [2.75, 3.05) is 7.11 Å². The van der Waals surface area contributed by atoms with Crippen LogP contribution in [0.3, 0.4) is 0 Å². The zero-order chi connectivity index (χ0) is 14.9. The molecule has 0 aliphatic rings. The van der Waals surface area contributed by atoms with Gasteiger partial charge in [0, 0.05) is 18.2 Å². The van der Waals surface area contributed by atoms with Gasteiger partial charge in [-0.2, -0.15) is 0 Å². The van der Waals surface area contributed by atoms with Crippen molar-refractivity contribution in [3.05, 3.63) is 34.2 Å². The summed E-state index contributed by atoms with van der Waals surface area (Å²) in [4.78, 5) is 22.3. The molecule has 0 saturated carbocycles. The van der Waals surface area contributed by atoms with Crippen molar-refractivity contribution < 1.29 is 24.2 Å². The number of rotatable bonds is 4. The van der Waals surface area contributed by atoms with E-state index >= 15 is 0 Å². The zero-order valence-corrected chi connectivity index (χ0v) is 10.6. The van der Waals surface area contributed by atoms with Gasteiger partial charge in [-0.05, 0) is 12.0 Å². The number of ether oxygens (including phenoxy) is 1. The molecule has 2 rings (SSSR count). The van der Waals surface area contributed by atoms with Crippen LogP contribution in [0.5, 0.6) is 11.5 Å². The summed E-state index contributed by atoms with van der Waals surface area (Å²) in [7, 11) is 1.41. The van der Waals surface area contributed by atoms with Gasteiger partial charge in [-0.1, -0.05) is 0 Å². The minimum Gasteiger partial charge on any atom is -0.507 e. The zero-order valence-electron chi connectivity index (χ0n) is 10.6. The minimum absolute atomic E-state index is 0.0999. The second-order valence-electron chi connectivity index (χ2n) is 4.26. The first kappa shape index (κ1) is 13.9. The summed E-state index contributed by atoms with van der Waals surface area (Å²) < 4.78 is 9.95. The minimum atomic E-state index is -1.20. The Morgan fingerprint density at radius 1 is 1.45 bits per heavy atom. The average molecular weight is 279 g/mol. The van der Waals surface area contributed by atoms with Crippen molar-refractivity contribution >= 4 is 16.9 Å². The monoisotopic (exact) mass is 279 g/mol. The van der Waals surface area contributed by atoms with Crippen LogP contribution in [0.15, 0.2) is 27.4 Å². The molecule has 7 nitrogen and oxygen atoms in total. The Kier molecular flexibility index (Phi) is 3.62. The number of nitrogens with two attached hydrogens (primary N) is 1. The summed E-state index contributed by atoms with van der Waals surface area (Å²) in [5.74, 6) is -1.05. The van der Waals surface area contributed by atoms with E-state index in [1.54, 1.807) is 0 Å². The number of carboxylic acids is 1. The molecule has 1 aromatic heterocycles. The molecule has 1 aromatic carbocycles. The molecule has 106 valence electrons. The van der Waals surface area contributed by atoms with Gasteiger partial charge < -0.3 is 25.1 Å². The molecule has 0 bridgehead atoms. The largest absolute Gasteiger partial charge is 0.507 e. The van der Waals surface area contributed by atoms with Crippen molar-refractivity contribution in [2.24, 2.45) is 5.73 Å². The number of fused-ring (bicyclic) bond motifs is 1. The number of carbonyl (C=O) groups is 1. The molecule has 7 heteroatoms. The molecule has 20 heavy (non-hydrogen) atoms. The van der Waals surface area contributed by atoms with Gasteiger partial charge in [-0.15, -0.1) is 0 Å². The molecule has 0 spiro atoms. The molecule has 0 saturated heterocycles. The maximum atomic E-state index is 11.5. The maximum Gasteiger partial charge on any atom is 0.336 e. The summed E-state index contributed by atoms with van der Waals surface area (Å²) in [6, 6.07) is 2.73. The number of aromatic hydroxyl groups is 1. The van der Waals surface area contributed by atoms with Crippen LogP contribution in [0.4, 0.5) is 0 Å². The van der Waals surface area contributed by atoms with Crippen LogP contribution in [-0.2, 0) is 11.2 Å². The lowest BCUT2D eigenvalue weighted by molar-refractivity contribution is -0.138. The van der Waals surface area contributed by atoms with Gasteiger partial charge in [0.15, 0.2) is 0 Å². The Labute approximate surface area is 113 Å². The highest BCUT2D eigenvalue weighted by Crippen LogP contribution is 2.32. The number of phenolic OH excluding ortho intramolecular Hbond substituents is 1. The Bertz CT molecular complexity index is 721. The average Bonchev–Trinajstić information content (AvgIpc) is 2.37. The molecule has 0 fully saturated rings. The number of phenols is 1. The number of benzene rings is 1. The van der Waals surface area contributed by atoms with Gasteiger partial charge in [-0.25, -0.2) is 4.79 Å². The SMILES string of the molecule is COc1cc(O)c2c(C[C@H](N)C(=O)O)cc(=O)oc2c1. The molecule has 1 atom stereocenters. The van der Waals surface area contributed by atoms with E-state index in [1.165, 1.54) is 19.2 Å². The summed E-state index contributed by atoms with van der Waals surface area (Å²) in [6.07, 6.45) is -0.0999. The van der Waals surface area contributed by atoms with Crippen LogP contribution >= 0.6 is 0 Å². The Morgan fingerprint density at radius 3 is 2.75 bits per heavy atom. The predicted octanol–water partition coefficient (Wildman–Crippen LogP) is 0.462. The van der Waals surface area contributed by atoms with E-state index in [1.807, 2.05) is 0 Å². The van der Waals surface area contributed by atoms with Crippen molar-refractivity contribution in [1.29, 1.82) is 0 Å². The molecule has 0 aliphatic heterocycles. The third-order valence-electron chi connectivity index (χ3n) is 2.87. The van der Waals surface area contributed by atoms with Crippen LogP contribution in [0.2, 0.25) is 0 Å². The number of hydrogen-bond acceptors (Lipinski definition) is 6.